The Morgan fingerprint density at radius 1 is 1.10 bits per heavy atom. The molecule has 0 radical (unpaired) electrons. The van der Waals surface area contributed by atoms with Gasteiger partial charge in [0.15, 0.2) is 0 Å². The molecule has 7 nitrogen and oxygen atoms in total. The number of amides is 1. The van der Waals surface area contributed by atoms with Crippen LogP contribution in [0.15, 0.2) is 36.5 Å². The maximum Gasteiger partial charge on any atom is 0.418 e. The SMILES string of the molecule is COCCN1CCc2c(cccc2NCC(=O)N(CCN2CCC(F)(F)CC2)Cc2ncccc2C(F)(F)F)C1. The van der Waals surface area contributed by atoms with Crippen molar-refractivity contribution >= 4 is 11.6 Å². The predicted molar refractivity (Wildman–Crippen MR) is 141 cm³/mol. The topological polar surface area (TPSA) is 60.9 Å². The van der Waals surface area contributed by atoms with Gasteiger partial charge in [-0.2, -0.15) is 13.2 Å². The molecule has 0 saturated carbocycles. The molecular weight excluding hydrogens is 533 g/mol. The summed E-state index contributed by atoms with van der Waals surface area (Å²) in [7, 11) is 1.67. The molecule has 1 aromatic carbocycles. The van der Waals surface area contributed by atoms with Crippen molar-refractivity contribution < 1.29 is 31.5 Å². The summed E-state index contributed by atoms with van der Waals surface area (Å²) in [4.78, 5) is 22.8. The van der Waals surface area contributed by atoms with Gasteiger partial charge in [0, 0.05) is 77.6 Å². The summed E-state index contributed by atoms with van der Waals surface area (Å²) in [5.41, 5.74) is 1.95. The summed E-state index contributed by atoms with van der Waals surface area (Å²) in [5, 5.41) is 3.20. The van der Waals surface area contributed by atoms with Crippen LogP contribution in [0.1, 0.15) is 35.2 Å². The number of anilines is 1. The van der Waals surface area contributed by atoms with Crippen molar-refractivity contribution in [3.8, 4) is 0 Å². The lowest BCUT2D eigenvalue weighted by Crippen LogP contribution is -2.45. The second-order valence-corrected chi connectivity index (χ2v) is 10.3. The lowest BCUT2D eigenvalue weighted by molar-refractivity contribution is -0.140. The minimum absolute atomic E-state index is 0.0985. The third-order valence-corrected chi connectivity index (χ3v) is 7.55. The van der Waals surface area contributed by atoms with Gasteiger partial charge in [-0.1, -0.05) is 12.1 Å². The van der Waals surface area contributed by atoms with E-state index >= 15 is 0 Å². The number of aromatic nitrogens is 1. The maximum atomic E-state index is 13.6. The number of carbonyl (C=O) groups excluding carboxylic acids is 1. The van der Waals surface area contributed by atoms with Crippen molar-refractivity contribution in [1.82, 2.24) is 19.7 Å². The Bertz CT molecular complexity index is 1140. The molecule has 1 N–H and O–H groups in total. The van der Waals surface area contributed by atoms with Crippen molar-refractivity contribution in [2.45, 2.75) is 44.5 Å². The van der Waals surface area contributed by atoms with Gasteiger partial charge in [0.1, 0.15) is 0 Å². The van der Waals surface area contributed by atoms with E-state index in [9.17, 15) is 26.7 Å². The average Bonchev–Trinajstić information content (AvgIpc) is 2.93. The van der Waals surface area contributed by atoms with Gasteiger partial charge >= 0.3 is 6.18 Å². The molecule has 0 bridgehead atoms. The fraction of sp³-hybridized carbons (Fsp3) is 0.571. The number of alkyl halides is 5. The number of likely N-dealkylation sites (tertiary alicyclic amines) is 1. The van der Waals surface area contributed by atoms with E-state index in [2.05, 4.69) is 21.3 Å². The molecule has 2 aromatic rings. The Labute approximate surface area is 231 Å². The Hall–Kier alpha value is -2.83. The van der Waals surface area contributed by atoms with Gasteiger partial charge in [-0.3, -0.25) is 14.7 Å². The van der Waals surface area contributed by atoms with Crippen LogP contribution < -0.4 is 5.32 Å². The molecule has 0 atom stereocenters. The van der Waals surface area contributed by atoms with E-state index in [1.807, 2.05) is 17.0 Å². The number of piperidine rings is 1. The number of carbonyl (C=O) groups is 1. The zero-order chi connectivity index (χ0) is 28.8. The fourth-order valence-corrected chi connectivity index (χ4v) is 5.19. The lowest BCUT2D eigenvalue weighted by Gasteiger charge is -2.33. The van der Waals surface area contributed by atoms with Crippen molar-refractivity contribution in [2.75, 3.05) is 64.8 Å². The Balaban J connectivity index is 1.45. The Morgan fingerprint density at radius 3 is 2.60 bits per heavy atom. The number of rotatable bonds is 11. The van der Waals surface area contributed by atoms with Gasteiger partial charge in [-0.05, 0) is 35.7 Å². The molecule has 0 aliphatic carbocycles. The van der Waals surface area contributed by atoms with Crippen molar-refractivity contribution in [1.29, 1.82) is 0 Å². The van der Waals surface area contributed by atoms with Gasteiger partial charge < -0.3 is 19.9 Å². The maximum absolute atomic E-state index is 13.6. The number of benzene rings is 1. The number of ether oxygens (including phenoxy) is 1. The third-order valence-electron chi connectivity index (χ3n) is 7.55. The van der Waals surface area contributed by atoms with Crippen LogP contribution in [0.5, 0.6) is 0 Å². The van der Waals surface area contributed by atoms with Crippen LogP contribution in [0.4, 0.5) is 27.6 Å². The van der Waals surface area contributed by atoms with E-state index < -0.39 is 23.6 Å². The van der Waals surface area contributed by atoms with Gasteiger partial charge in [0.25, 0.3) is 5.92 Å². The van der Waals surface area contributed by atoms with E-state index in [1.165, 1.54) is 17.2 Å². The zero-order valence-electron chi connectivity index (χ0n) is 22.7. The predicted octanol–water partition coefficient (Wildman–Crippen LogP) is 4.28. The van der Waals surface area contributed by atoms with E-state index in [-0.39, 0.29) is 57.8 Å². The summed E-state index contributed by atoms with van der Waals surface area (Å²) in [6, 6.07) is 8.02. The molecular formula is C28H36F5N5O2. The highest BCUT2D eigenvalue weighted by Crippen LogP contribution is 2.32. The molecule has 1 saturated heterocycles. The van der Waals surface area contributed by atoms with Crippen molar-refractivity contribution in [3.05, 3.63) is 58.9 Å². The minimum atomic E-state index is -4.62. The molecule has 0 unspecified atom stereocenters. The van der Waals surface area contributed by atoms with E-state index in [1.54, 1.807) is 7.11 Å². The second kappa shape index (κ2) is 13.2. The molecule has 1 amide bonds. The van der Waals surface area contributed by atoms with Gasteiger partial charge in [0.2, 0.25) is 5.91 Å². The number of fused-ring (bicyclic) bond motifs is 1. The molecule has 40 heavy (non-hydrogen) atoms. The Kier molecular flexibility index (Phi) is 9.96. The first kappa shape index (κ1) is 30.1. The summed E-state index contributed by atoms with van der Waals surface area (Å²) in [6.45, 7) is 3.36. The summed E-state index contributed by atoms with van der Waals surface area (Å²) in [6.07, 6.45) is -3.10. The van der Waals surface area contributed by atoms with Crippen LogP contribution in [0.25, 0.3) is 0 Å². The molecule has 2 aliphatic heterocycles. The van der Waals surface area contributed by atoms with E-state index in [0.29, 0.717) is 6.61 Å². The second-order valence-electron chi connectivity index (χ2n) is 10.3. The van der Waals surface area contributed by atoms with Crippen molar-refractivity contribution in [3.63, 3.8) is 0 Å². The molecule has 12 heteroatoms. The van der Waals surface area contributed by atoms with Crippen molar-refractivity contribution in [2.24, 2.45) is 0 Å². The van der Waals surface area contributed by atoms with Crippen LogP contribution in [-0.2, 0) is 35.2 Å². The number of nitrogens with one attached hydrogen (secondary N) is 1. The number of hydrogen-bond acceptors (Lipinski definition) is 6. The molecule has 1 fully saturated rings. The quantitative estimate of drug-likeness (QED) is 0.408. The highest BCUT2D eigenvalue weighted by molar-refractivity contribution is 5.81. The largest absolute Gasteiger partial charge is 0.418 e. The van der Waals surface area contributed by atoms with Gasteiger partial charge in [0.05, 0.1) is 31.0 Å². The standard InChI is InChI=1S/C28H36F5N5O2/c1-40-17-16-37-11-7-22-21(19-37)4-2-6-24(22)35-18-26(39)38(15-14-36-12-8-27(29,30)9-13-36)20-25-23(28(31,32)33)5-3-10-34-25/h2-6,10,35H,7-9,11-20H2,1H3. The molecule has 220 valence electrons. The van der Waals surface area contributed by atoms with Gasteiger partial charge in [-0.25, -0.2) is 8.78 Å². The number of halogens is 5. The first-order chi connectivity index (χ1) is 19.1. The van der Waals surface area contributed by atoms with Crippen LogP contribution in [0.3, 0.4) is 0 Å². The van der Waals surface area contributed by atoms with Crippen LogP contribution in [0.2, 0.25) is 0 Å². The lowest BCUT2D eigenvalue weighted by atomic mass is 9.97. The Morgan fingerprint density at radius 2 is 1.88 bits per heavy atom. The number of pyridine rings is 1. The fourth-order valence-electron chi connectivity index (χ4n) is 5.19. The normalized spacial score (nSPS) is 17.9. The number of nitrogens with zero attached hydrogens (tertiary/aromatic N) is 4. The molecule has 2 aliphatic rings. The smallest absolute Gasteiger partial charge is 0.383 e. The summed E-state index contributed by atoms with van der Waals surface area (Å²) >= 11 is 0. The minimum Gasteiger partial charge on any atom is -0.383 e. The molecule has 1 aromatic heterocycles. The molecule has 3 heterocycles. The third kappa shape index (κ3) is 8.11. The average molecular weight is 570 g/mol. The van der Waals surface area contributed by atoms with Crippen LogP contribution in [0, 0.1) is 0 Å². The first-order valence-corrected chi connectivity index (χ1v) is 13.5. The highest BCUT2D eigenvalue weighted by atomic mass is 19.4. The molecule has 0 spiro atoms. The number of methoxy groups -OCH3 is 1. The van der Waals surface area contributed by atoms with Crippen LogP contribution >= 0.6 is 0 Å². The monoisotopic (exact) mass is 569 g/mol. The van der Waals surface area contributed by atoms with E-state index in [4.69, 9.17) is 4.74 Å². The zero-order valence-corrected chi connectivity index (χ0v) is 22.7. The summed E-state index contributed by atoms with van der Waals surface area (Å²) < 4.78 is 73.2. The van der Waals surface area contributed by atoms with Gasteiger partial charge in [-0.15, -0.1) is 0 Å². The highest BCUT2D eigenvalue weighted by Gasteiger charge is 2.36. The summed E-state index contributed by atoms with van der Waals surface area (Å²) in [5.74, 6) is -3.10. The first-order valence-electron chi connectivity index (χ1n) is 13.5. The number of hydrogen-bond donors (Lipinski definition) is 1. The molecule has 4 rings (SSSR count). The van der Waals surface area contributed by atoms with Crippen LogP contribution in [-0.4, -0.2) is 91.0 Å². The van der Waals surface area contributed by atoms with E-state index in [0.717, 1.165) is 48.9 Å².